The number of rotatable bonds is 1. The number of hydrogen-bond donors (Lipinski definition) is 1. The summed E-state index contributed by atoms with van der Waals surface area (Å²) in [6, 6.07) is 10.6. The first-order chi connectivity index (χ1) is 7.84. The molecule has 2 heterocycles. The fourth-order valence-corrected chi connectivity index (χ4v) is 1.99. The summed E-state index contributed by atoms with van der Waals surface area (Å²) in [5.41, 5.74) is 4.85. The molecular weight excluding hydrogens is 196 g/mol. The largest absolute Gasteiger partial charge is 0.361 e. The molecule has 16 heavy (non-hydrogen) atoms. The van der Waals surface area contributed by atoms with Crippen molar-refractivity contribution < 1.29 is 0 Å². The lowest BCUT2D eigenvalue weighted by atomic mass is 10.0. The predicted molar refractivity (Wildman–Crippen MR) is 66.3 cm³/mol. The summed E-state index contributed by atoms with van der Waals surface area (Å²) < 4.78 is 0. The van der Waals surface area contributed by atoms with Crippen molar-refractivity contribution in [2.75, 3.05) is 0 Å². The third kappa shape index (κ3) is 1.39. The van der Waals surface area contributed by atoms with Gasteiger partial charge in [-0.25, -0.2) is 0 Å². The van der Waals surface area contributed by atoms with E-state index in [2.05, 4.69) is 41.2 Å². The summed E-state index contributed by atoms with van der Waals surface area (Å²) >= 11 is 0. The van der Waals surface area contributed by atoms with Crippen molar-refractivity contribution >= 4 is 10.9 Å². The van der Waals surface area contributed by atoms with Gasteiger partial charge in [-0.3, -0.25) is 4.98 Å². The minimum Gasteiger partial charge on any atom is -0.361 e. The average Bonchev–Trinajstić information content (AvgIpc) is 2.76. The summed E-state index contributed by atoms with van der Waals surface area (Å²) in [7, 11) is 0. The number of hydrogen-bond acceptors (Lipinski definition) is 1. The monoisotopic (exact) mass is 208 g/mol. The summed E-state index contributed by atoms with van der Waals surface area (Å²) in [5, 5.41) is 1.24. The maximum absolute atomic E-state index is 4.18. The Labute approximate surface area is 94.0 Å². The fraction of sp³-hybridized carbons (Fsp3) is 0.0714. The van der Waals surface area contributed by atoms with E-state index in [1.165, 1.54) is 27.6 Å². The molecule has 0 radical (unpaired) electrons. The van der Waals surface area contributed by atoms with Crippen molar-refractivity contribution in [2.24, 2.45) is 0 Å². The number of aromatic amines is 1. The van der Waals surface area contributed by atoms with Gasteiger partial charge in [-0.05, 0) is 47.7 Å². The van der Waals surface area contributed by atoms with Gasteiger partial charge in [0.25, 0.3) is 0 Å². The van der Waals surface area contributed by atoms with Crippen LogP contribution in [-0.2, 0) is 0 Å². The molecule has 0 spiro atoms. The summed E-state index contributed by atoms with van der Waals surface area (Å²) in [6.45, 7) is 2.11. The van der Waals surface area contributed by atoms with Gasteiger partial charge in [0.05, 0.1) is 0 Å². The molecule has 2 aromatic heterocycles. The minimum absolute atomic E-state index is 1.17. The van der Waals surface area contributed by atoms with E-state index in [-0.39, 0.29) is 0 Å². The Morgan fingerprint density at radius 2 is 2.06 bits per heavy atom. The van der Waals surface area contributed by atoms with E-state index in [1.807, 2.05) is 24.7 Å². The van der Waals surface area contributed by atoms with Crippen LogP contribution >= 0.6 is 0 Å². The van der Waals surface area contributed by atoms with Gasteiger partial charge < -0.3 is 4.98 Å². The average molecular weight is 208 g/mol. The van der Waals surface area contributed by atoms with E-state index >= 15 is 0 Å². The number of aryl methyl sites for hydroxylation is 1. The van der Waals surface area contributed by atoms with Crippen LogP contribution in [0.2, 0.25) is 0 Å². The highest BCUT2D eigenvalue weighted by molar-refractivity contribution is 5.85. The third-order valence-electron chi connectivity index (χ3n) is 2.90. The molecule has 1 N–H and O–H groups in total. The maximum atomic E-state index is 4.18. The van der Waals surface area contributed by atoms with Gasteiger partial charge >= 0.3 is 0 Å². The number of nitrogens with one attached hydrogen (secondary N) is 1. The number of pyridine rings is 1. The van der Waals surface area contributed by atoms with Crippen molar-refractivity contribution in [3.63, 3.8) is 0 Å². The predicted octanol–water partition coefficient (Wildman–Crippen LogP) is 3.54. The number of aromatic nitrogens is 2. The maximum Gasteiger partial charge on any atom is 0.0454 e. The summed E-state index contributed by atoms with van der Waals surface area (Å²) in [5.74, 6) is 0. The molecular formula is C14H12N2. The number of benzene rings is 1. The van der Waals surface area contributed by atoms with Crippen molar-refractivity contribution in [1.29, 1.82) is 0 Å². The summed E-state index contributed by atoms with van der Waals surface area (Å²) in [4.78, 5) is 7.38. The lowest BCUT2D eigenvalue weighted by molar-refractivity contribution is 1.29. The molecule has 0 atom stereocenters. The van der Waals surface area contributed by atoms with Crippen LogP contribution in [0.1, 0.15) is 5.56 Å². The molecule has 3 rings (SSSR count). The Hall–Kier alpha value is -2.09. The van der Waals surface area contributed by atoms with Gasteiger partial charge in [-0.2, -0.15) is 0 Å². The number of fused-ring (bicyclic) bond motifs is 1. The van der Waals surface area contributed by atoms with E-state index in [1.54, 1.807) is 0 Å². The van der Waals surface area contributed by atoms with Crippen LogP contribution in [0.5, 0.6) is 0 Å². The summed E-state index contributed by atoms with van der Waals surface area (Å²) in [6.07, 6.45) is 5.71. The molecule has 1 aromatic carbocycles. The van der Waals surface area contributed by atoms with Gasteiger partial charge in [0, 0.05) is 29.7 Å². The first-order valence-corrected chi connectivity index (χ1v) is 5.33. The highest BCUT2D eigenvalue weighted by atomic mass is 14.7. The first kappa shape index (κ1) is 9.16. The van der Waals surface area contributed by atoms with Crippen molar-refractivity contribution in [3.8, 4) is 11.1 Å². The van der Waals surface area contributed by atoms with E-state index in [0.29, 0.717) is 0 Å². The quantitative estimate of drug-likeness (QED) is 0.651. The molecule has 78 valence electrons. The third-order valence-corrected chi connectivity index (χ3v) is 2.90. The topological polar surface area (TPSA) is 28.7 Å². The zero-order chi connectivity index (χ0) is 11.0. The molecule has 0 saturated carbocycles. The van der Waals surface area contributed by atoms with Crippen LogP contribution in [-0.4, -0.2) is 9.97 Å². The molecule has 0 aliphatic carbocycles. The van der Waals surface area contributed by atoms with Gasteiger partial charge in [0.1, 0.15) is 0 Å². The van der Waals surface area contributed by atoms with Crippen LogP contribution in [0, 0.1) is 6.92 Å². The smallest absolute Gasteiger partial charge is 0.0454 e. The van der Waals surface area contributed by atoms with E-state index in [4.69, 9.17) is 0 Å². The molecule has 2 heteroatoms. The van der Waals surface area contributed by atoms with Crippen LogP contribution in [0.25, 0.3) is 22.0 Å². The van der Waals surface area contributed by atoms with Crippen molar-refractivity contribution in [2.45, 2.75) is 6.92 Å². The molecule has 0 bridgehead atoms. The Morgan fingerprint density at radius 1 is 1.12 bits per heavy atom. The Morgan fingerprint density at radius 3 is 2.94 bits per heavy atom. The van der Waals surface area contributed by atoms with Gasteiger partial charge in [0.15, 0.2) is 0 Å². The molecule has 2 nitrogen and oxygen atoms in total. The van der Waals surface area contributed by atoms with Crippen LogP contribution in [0.3, 0.4) is 0 Å². The van der Waals surface area contributed by atoms with Gasteiger partial charge in [-0.1, -0.05) is 6.07 Å². The second-order valence-corrected chi connectivity index (χ2v) is 3.97. The second-order valence-electron chi connectivity index (χ2n) is 3.97. The zero-order valence-corrected chi connectivity index (χ0v) is 9.07. The molecule has 3 aromatic rings. The lowest BCUT2D eigenvalue weighted by Gasteiger charge is -2.04. The highest BCUT2D eigenvalue weighted by Gasteiger charge is 2.02. The zero-order valence-electron chi connectivity index (χ0n) is 9.07. The standard InChI is InChI=1S/C14H12N2/c1-10-4-6-15-9-13(10)11-2-3-14-12(8-11)5-7-16-14/h2-9,16H,1H3. The van der Waals surface area contributed by atoms with Crippen LogP contribution in [0.4, 0.5) is 0 Å². The SMILES string of the molecule is Cc1ccncc1-c1ccc2[nH]ccc2c1. The Bertz CT molecular complexity index is 638. The molecule has 0 saturated heterocycles. The minimum atomic E-state index is 1.17. The normalized spacial score (nSPS) is 10.8. The lowest BCUT2D eigenvalue weighted by Crippen LogP contribution is -1.84. The molecule has 0 aliphatic heterocycles. The van der Waals surface area contributed by atoms with E-state index in [0.717, 1.165) is 0 Å². The molecule has 0 fully saturated rings. The highest BCUT2D eigenvalue weighted by Crippen LogP contribution is 2.25. The number of nitrogens with zero attached hydrogens (tertiary/aromatic N) is 1. The van der Waals surface area contributed by atoms with Crippen molar-refractivity contribution in [3.05, 3.63) is 54.5 Å². The van der Waals surface area contributed by atoms with E-state index in [9.17, 15) is 0 Å². The molecule has 0 aliphatic rings. The Kier molecular flexibility index (Phi) is 2.00. The van der Waals surface area contributed by atoms with E-state index < -0.39 is 0 Å². The second kappa shape index (κ2) is 3.49. The van der Waals surface area contributed by atoms with Crippen LogP contribution in [0.15, 0.2) is 48.9 Å². The van der Waals surface area contributed by atoms with Gasteiger partial charge in [0.2, 0.25) is 0 Å². The number of H-pyrrole nitrogens is 1. The Balaban J connectivity index is 2.22. The first-order valence-electron chi connectivity index (χ1n) is 5.33. The fourth-order valence-electron chi connectivity index (χ4n) is 1.99. The van der Waals surface area contributed by atoms with Gasteiger partial charge in [-0.15, -0.1) is 0 Å². The van der Waals surface area contributed by atoms with Crippen molar-refractivity contribution in [1.82, 2.24) is 9.97 Å². The molecule has 0 amide bonds. The molecule has 0 unspecified atom stereocenters. The van der Waals surface area contributed by atoms with Crippen LogP contribution < -0.4 is 0 Å².